The van der Waals surface area contributed by atoms with Crippen LogP contribution in [0.2, 0.25) is 0 Å². The number of ether oxygens (including phenoxy) is 1. The van der Waals surface area contributed by atoms with E-state index in [4.69, 9.17) is 4.74 Å². The Labute approximate surface area is 151 Å². The van der Waals surface area contributed by atoms with E-state index in [1.54, 1.807) is 0 Å². The number of hydrogen-bond donors (Lipinski definition) is 0. The molecule has 0 bridgehead atoms. The molecule has 0 amide bonds. The van der Waals surface area contributed by atoms with Gasteiger partial charge < -0.3 is 14.5 Å². The van der Waals surface area contributed by atoms with E-state index in [1.807, 2.05) is 26.2 Å². The molecule has 1 fully saturated rings. The molecule has 1 saturated heterocycles. The Balaban J connectivity index is 1.64. The standard InChI is InChI=1S/C19H22F3N3O/c1-24(2)12-14-5-3-4-6-17(14)25-10-9-16(13-25)26-18-8-7-15(11-23-18)19(20,21)22/h3-8,11,16H,9-10,12-13H2,1-2H3/t16-/m0/s1. The molecule has 26 heavy (non-hydrogen) atoms. The second kappa shape index (κ2) is 7.53. The highest BCUT2D eigenvalue weighted by Crippen LogP contribution is 2.30. The van der Waals surface area contributed by atoms with Gasteiger partial charge in [0.2, 0.25) is 5.88 Å². The fraction of sp³-hybridized carbons (Fsp3) is 0.421. The lowest BCUT2D eigenvalue weighted by Gasteiger charge is -2.23. The molecule has 2 heterocycles. The first-order chi connectivity index (χ1) is 12.3. The summed E-state index contributed by atoms with van der Waals surface area (Å²) in [5.41, 5.74) is 1.65. The minimum atomic E-state index is -4.38. The number of halogens is 3. The zero-order chi connectivity index (χ0) is 18.7. The van der Waals surface area contributed by atoms with Crippen molar-refractivity contribution >= 4 is 5.69 Å². The molecule has 4 nitrogen and oxygen atoms in total. The number of benzene rings is 1. The Bertz CT molecular complexity index is 732. The van der Waals surface area contributed by atoms with Crippen molar-refractivity contribution in [2.24, 2.45) is 0 Å². The lowest BCUT2D eigenvalue weighted by atomic mass is 10.1. The van der Waals surface area contributed by atoms with Crippen molar-refractivity contribution < 1.29 is 17.9 Å². The van der Waals surface area contributed by atoms with E-state index in [1.165, 1.54) is 17.3 Å². The van der Waals surface area contributed by atoms with E-state index in [0.29, 0.717) is 6.54 Å². The van der Waals surface area contributed by atoms with Gasteiger partial charge in [0.05, 0.1) is 12.1 Å². The molecule has 0 unspecified atom stereocenters. The third-order valence-corrected chi connectivity index (χ3v) is 4.31. The molecule has 3 rings (SSSR count). The van der Waals surface area contributed by atoms with Gasteiger partial charge >= 0.3 is 6.18 Å². The number of nitrogens with zero attached hydrogens (tertiary/aromatic N) is 3. The third-order valence-electron chi connectivity index (χ3n) is 4.31. The SMILES string of the molecule is CN(C)Cc1ccccc1N1CC[C@H](Oc2ccc(C(F)(F)F)cn2)C1. The summed E-state index contributed by atoms with van der Waals surface area (Å²) in [4.78, 5) is 8.17. The monoisotopic (exact) mass is 365 g/mol. The topological polar surface area (TPSA) is 28.6 Å². The second-order valence-electron chi connectivity index (χ2n) is 6.72. The predicted octanol–water partition coefficient (Wildman–Crippen LogP) is 3.82. The van der Waals surface area contributed by atoms with Gasteiger partial charge in [0.1, 0.15) is 6.10 Å². The summed E-state index contributed by atoms with van der Waals surface area (Å²) >= 11 is 0. The van der Waals surface area contributed by atoms with Gasteiger partial charge in [-0.05, 0) is 31.8 Å². The quantitative estimate of drug-likeness (QED) is 0.805. The fourth-order valence-electron chi connectivity index (χ4n) is 3.13. The van der Waals surface area contributed by atoms with Crippen LogP contribution in [0.3, 0.4) is 0 Å². The van der Waals surface area contributed by atoms with Gasteiger partial charge in [-0.3, -0.25) is 0 Å². The fourth-order valence-corrected chi connectivity index (χ4v) is 3.13. The summed E-state index contributed by atoms with van der Waals surface area (Å²) in [5, 5.41) is 0. The molecular weight excluding hydrogens is 343 g/mol. The Kier molecular flexibility index (Phi) is 5.36. The normalized spacial score (nSPS) is 17.8. The van der Waals surface area contributed by atoms with Crippen LogP contribution in [0.25, 0.3) is 0 Å². The van der Waals surface area contributed by atoms with Crippen molar-refractivity contribution in [3.8, 4) is 5.88 Å². The molecule has 7 heteroatoms. The van der Waals surface area contributed by atoms with Gasteiger partial charge in [-0.15, -0.1) is 0 Å². The van der Waals surface area contributed by atoms with Crippen molar-refractivity contribution in [3.05, 3.63) is 53.7 Å². The van der Waals surface area contributed by atoms with Crippen LogP contribution in [0, 0.1) is 0 Å². The molecular formula is C19H22F3N3O. The number of alkyl halides is 3. The molecule has 0 radical (unpaired) electrons. The van der Waals surface area contributed by atoms with Crippen LogP contribution in [0.15, 0.2) is 42.6 Å². The molecule has 140 valence electrons. The van der Waals surface area contributed by atoms with Gasteiger partial charge in [0.25, 0.3) is 0 Å². The zero-order valence-electron chi connectivity index (χ0n) is 14.8. The number of para-hydroxylation sites is 1. The van der Waals surface area contributed by atoms with E-state index >= 15 is 0 Å². The molecule has 0 saturated carbocycles. The summed E-state index contributed by atoms with van der Waals surface area (Å²) in [6.07, 6.45) is -2.86. The van der Waals surface area contributed by atoms with Crippen LogP contribution in [-0.2, 0) is 12.7 Å². The average Bonchev–Trinajstić information content (AvgIpc) is 3.03. The molecule has 1 aliphatic heterocycles. The van der Waals surface area contributed by atoms with E-state index in [0.717, 1.165) is 31.8 Å². The van der Waals surface area contributed by atoms with Crippen molar-refractivity contribution in [1.82, 2.24) is 9.88 Å². The highest BCUT2D eigenvalue weighted by atomic mass is 19.4. The van der Waals surface area contributed by atoms with E-state index in [9.17, 15) is 13.2 Å². The summed E-state index contributed by atoms with van der Waals surface area (Å²) in [6, 6.07) is 10.5. The number of rotatable bonds is 5. The van der Waals surface area contributed by atoms with Crippen LogP contribution >= 0.6 is 0 Å². The van der Waals surface area contributed by atoms with Crippen LogP contribution in [0.4, 0.5) is 18.9 Å². The first-order valence-corrected chi connectivity index (χ1v) is 8.50. The van der Waals surface area contributed by atoms with E-state index < -0.39 is 11.7 Å². The van der Waals surface area contributed by atoms with Crippen molar-refractivity contribution in [2.45, 2.75) is 25.2 Å². The number of anilines is 1. The highest BCUT2D eigenvalue weighted by Gasteiger charge is 2.31. The Hall–Kier alpha value is -2.28. The van der Waals surface area contributed by atoms with E-state index in [2.05, 4.69) is 26.9 Å². The Morgan fingerprint density at radius 3 is 2.62 bits per heavy atom. The summed E-state index contributed by atoms with van der Waals surface area (Å²) < 4.78 is 43.6. The molecule has 2 aromatic rings. The molecule has 1 aliphatic rings. The Morgan fingerprint density at radius 1 is 1.19 bits per heavy atom. The number of aromatic nitrogens is 1. The van der Waals surface area contributed by atoms with Gasteiger partial charge in [-0.1, -0.05) is 18.2 Å². The largest absolute Gasteiger partial charge is 0.472 e. The molecule has 1 atom stereocenters. The van der Waals surface area contributed by atoms with Gasteiger partial charge in [-0.25, -0.2) is 4.98 Å². The first kappa shape index (κ1) is 18.5. The maximum atomic E-state index is 12.6. The Morgan fingerprint density at radius 2 is 1.96 bits per heavy atom. The van der Waals surface area contributed by atoms with Crippen LogP contribution < -0.4 is 9.64 Å². The summed E-state index contributed by atoms with van der Waals surface area (Å²) in [7, 11) is 4.06. The smallest absolute Gasteiger partial charge is 0.417 e. The van der Waals surface area contributed by atoms with Crippen molar-refractivity contribution in [2.75, 3.05) is 32.1 Å². The third kappa shape index (κ3) is 4.46. The molecule has 1 aromatic heterocycles. The summed E-state index contributed by atoms with van der Waals surface area (Å²) in [5.74, 6) is 0.228. The lowest BCUT2D eigenvalue weighted by Crippen LogP contribution is -2.26. The first-order valence-electron chi connectivity index (χ1n) is 8.50. The van der Waals surface area contributed by atoms with E-state index in [-0.39, 0.29) is 12.0 Å². The van der Waals surface area contributed by atoms with Gasteiger partial charge in [0.15, 0.2) is 0 Å². The summed E-state index contributed by atoms with van der Waals surface area (Å²) in [6.45, 7) is 2.38. The molecule has 0 spiro atoms. The maximum absolute atomic E-state index is 12.6. The van der Waals surface area contributed by atoms with Crippen molar-refractivity contribution in [1.29, 1.82) is 0 Å². The average molecular weight is 365 g/mol. The molecule has 0 N–H and O–H groups in total. The molecule has 1 aromatic carbocycles. The molecule has 0 aliphatic carbocycles. The second-order valence-corrected chi connectivity index (χ2v) is 6.72. The van der Waals surface area contributed by atoms with Crippen molar-refractivity contribution in [3.63, 3.8) is 0 Å². The minimum absolute atomic E-state index is 0.0911. The van der Waals surface area contributed by atoms with Crippen LogP contribution in [-0.4, -0.2) is 43.2 Å². The highest BCUT2D eigenvalue weighted by molar-refractivity contribution is 5.54. The maximum Gasteiger partial charge on any atom is 0.417 e. The van der Waals surface area contributed by atoms with Crippen LogP contribution in [0.5, 0.6) is 5.88 Å². The zero-order valence-corrected chi connectivity index (χ0v) is 14.8. The number of hydrogen-bond acceptors (Lipinski definition) is 4. The van der Waals surface area contributed by atoms with Crippen LogP contribution in [0.1, 0.15) is 17.5 Å². The number of pyridine rings is 1. The van der Waals surface area contributed by atoms with Gasteiger partial charge in [-0.2, -0.15) is 13.2 Å². The predicted molar refractivity (Wildman–Crippen MR) is 94.3 cm³/mol. The van der Waals surface area contributed by atoms with Gasteiger partial charge in [0, 0.05) is 37.5 Å². The minimum Gasteiger partial charge on any atom is -0.472 e. The lowest BCUT2D eigenvalue weighted by molar-refractivity contribution is -0.137.